The maximum atomic E-state index is 11.6. The van der Waals surface area contributed by atoms with Gasteiger partial charge in [0.25, 0.3) is 0 Å². The third kappa shape index (κ3) is 8.46. The lowest BCUT2D eigenvalue weighted by Crippen LogP contribution is -2.36. The van der Waals surface area contributed by atoms with Gasteiger partial charge in [0.2, 0.25) is 0 Å². The Labute approximate surface area is 213 Å². The maximum absolute atomic E-state index is 11.6. The van der Waals surface area contributed by atoms with E-state index in [9.17, 15) is 4.79 Å². The Kier molecular flexibility index (Phi) is 10.9. The smallest absolute Gasteiger partial charge is 0.410 e. The minimum Gasteiger partial charge on any atom is -0.447 e. The maximum Gasteiger partial charge on any atom is 0.410 e. The molecule has 1 aromatic heterocycles. The molecule has 0 saturated carbocycles. The van der Waals surface area contributed by atoms with Gasteiger partial charge in [0.15, 0.2) is 0 Å². The number of carbonyl (C=O) groups excluding carboxylic acids is 1. The number of nitrogens with zero attached hydrogens (tertiary/aromatic N) is 4. The number of methoxy groups -OCH3 is 1. The van der Waals surface area contributed by atoms with Crippen molar-refractivity contribution >= 4 is 29.5 Å². The lowest BCUT2D eigenvalue weighted by atomic mass is 10.2. The lowest BCUT2D eigenvalue weighted by molar-refractivity contribution is 0.0712. The zero-order valence-corrected chi connectivity index (χ0v) is 21.5. The highest BCUT2D eigenvalue weighted by atomic mass is 16.6. The molecule has 0 spiro atoms. The van der Waals surface area contributed by atoms with Crippen LogP contribution in [0.5, 0.6) is 0 Å². The third-order valence-electron chi connectivity index (χ3n) is 6.01. The van der Waals surface area contributed by atoms with E-state index < -0.39 is 0 Å². The minimum atomic E-state index is -0.193. The van der Waals surface area contributed by atoms with E-state index in [1.54, 1.807) is 18.2 Å². The number of aromatic nitrogens is 2. The Balaban J connectivity index is 0.000000214. The van der Waals surface area contributed by atoms with Gasteiger partial charge in [-0.05, 0) is 57.4 Å². The second-order valence-corrected chi connectivity index (χ2v) is 8.95. The van der Waals surface area contributed by atoms with Gasteiger partial charge in [-0.15, -0.1) is 0 Å². The number of ether oxygens (including phenoxy) is 3. The van der Waals surface area contributed by atoms with E-state index in [0.29, 0.717) is 17.5 Å². The largest absolute Gasteiger partial charge is 0.447 e. The number of hydrogen-bond acceptors (Lipinski definition) is 9. The lowest BCUT2D eigenvalue weighted by Gasteiger charge is -2.28. The summed E-state index contributed by atoms with van der Waals surface area (Å²) in [5.74, 6) is 0.638. The van der Waals surface area contributed by atoms with Crippen LogP contribution in [0.4, 0.5) is 22.0 Å². The number of anilines is 3. The quantitative estimate of drug-likeness (QED) is 0.573. The van der Waals surface area contributed by atoms with Gasteiger partial charge in [-0.25, -0.2) is 14.8 Å². The van der Waals surface area contributed by atoms with Crippen LogP contribution < -0.4 is 10.2 Å². The summed E-state index contributed by atoms with van der Waals surface area (Å²) in [6, 6.07) is 8.19. The predicted molar refractivity (Wildman–Crippen MR) is 141 cm³/mol. The Morgan fingerprint density at radius 2 is 1.92 bits per heavy atom. The van der Waals surface area contributed by atoms with E-state index in [-0.39, 0.29) is 12.2 Å². The predicted octanol–water partition coefficient (Wildman–Crippen LogP) is 4.09. The van der Waals surface area contributed by atoms with E-state index in [4.69, 9.17) is 19.6 Å². The van der Waals surface area contributed by atoms with E-state index in [0.717, 1.165) is 64.3 Å². The Bertz CT molecular complexity index is 950. The Morgan fingerprint density at radius 3 is 2.58 bits per heavy atom. The van der Waals surface area contributed by atoms with Gasteiger partial charge in [0, 0.05) is 57.1 Å². The summed E-state index contributed by atoms with van der Waals surface area (Å²) < 4.78 is 15.8. The second-order valence-electron chi connectivity index (χ2n) is 8.95. The number of nitrogens with one attached hydrogen (secondary N) is 2. The summed E-state index contributed by atoms with van der Waals surface area (Å²) >= 11 is 0. The molecule has 0 bridgehead atoms. The standard InChI is InChI=1S/C15H17N5O.C11H21NO3/c16-9-12-10-17-11-18-15(12)19-13-1-3-14(4-2-13)20-5-7-21-8-6-20;1-9(2)15-11(13)12-7-4-5-10(14-3)6-8-12/h1-4,9-11,16H,5-8H2,(H,17,18,19);9-10H,4-8H2,1-3H3. The van der Waals surface area contributed by atoms with Crippen LogP contribution in [0.1, 0.15) is 38.7 Å². The van der Waals surface area contributed by atoms with E-state index in [2.05, 4.69) is 32.3 Å². The fourth-order valence-corrected chi connectivity index (χ4v) is 4.02. The number of likely N-dealkylation sites (tertiary alicyclic amines) is 1. The van der Waals surface area contributed by atoms with Crippen molar-refractivity contribution in [2.75, 3.05) is 56.7 Å². The molecule has 0 radical (unpaired) electrons. The van der Waals surface area contributed by atoms with Gasteiger partial charge in [-0.2, -0.15) is 0 Å². The summed E-state index contributed by atoms with van der Waals surface area (Å²) in [7, 11) is 1.73. The fraction of sp³-hybridized carbons (Fsp3) is 0.538. The highest BCUT2D eigenvalue weighted by molar-refractivity contribution is 5.85. The molecular formula is C26H38N6O4. The molecule has 4 rings (SSSR count). The second kappa shape index (κ2) is 14.4. The van der Waals surface area contributed by atoms with Crippen LogP contribution in [0.25, 0.3) is 0 Å². The van der Waals surface area contributed by atoms with Gasteiger partial charge in [0.1, 0.15) is 12.1 Å². The molecule has 36 heavy (non-hydrogen) atoms. The summed E-state index contributed by atoms with van der Waals surface area (Å²) in [4.78, 5) is 23.8. The Hall–Kier alpha value is -3.24. The highest BCUT2D eigenvalue weighted by Gasteiger charge is 2.21. The summed E-state index contributed by atoms with van der Waals surface area (Å²) in [6.45, 7) is 8.68. The van der Waals surface area contributed by atoms with Crippen LogP contribution >= 0.6 is 0 Å². The van der Waals surface area contributed by atoms with Gasteiger partial charge >= 0.3 is 6.09 Å². The molecule has 1 atom stereocenters. The van der Waals surface area contributed by atoms with Crippen LogP contribution in [-0.2, 0) is 14.2 Å². The molecule has 10 nitrogen and oxygen atoms in total. The summed E-state index contributed by atoms with van der Waals surface area (Å²) in [5, 5.41) is 10.6. The molecule has 1 aromatic carbocycles. The highest BCUT2D eigenvalue weighted by Crippen LogP contribution is 2.22. The molecule has 10 heteroatoms. The van der Waals surface area contributed by atoms with E-state index in [1.807, 2.05) is 26.0 Å². The van der Waals surface area contributed by atoms with Gasteiger partial charge < -0.3 is 34.7 Å². The molecule has 2 aliphatic heterocycles. The number of hydrogen-bond donors (Lipinski definition) is 2. The summed E-state index contributed by atoms with van der Waals surface area (Å²) in [5.41, 5.74) is 2.79. The van der Waals surface area contributed by atoms with E-state index in [1.165, 1.54) is 18.2 Å². The zero-order chi connectivity index (χ0) is 25.8. The first-order valence-corrected chi connectivity index (χ1v) is 12.5. The van der Waals surface area contributed by atoms with Gasteiger partial charge in [-0.1, -0.05) is 0 Å². The average Bonchev–Trinajstić information content (AvgIpc) is 3.16. The van der Waals surface area contributed by atoms with Crippen LogP contribution in [0.3, 0.4) is 0 Å². The molecule has 1 amide bonds. The van der Waals surface area contributed by atoms with Crippen molar-refractivity contribution in [3.63, 3.8) is 0 Å². The van der Waals surface area contributed by atoms with E-state index >= 15 is 0 Å². The molecule has 3 heterocycles. The molecule has 196 valence electrons. The number of benzene rings is 1. The monoisotopic (exact) mass is 498 g/mol. The van der Waals surface area contributed by atoms with Crippen molar-refractivity contribution in [1.82, 2.24) is 14.9 Å². The molecule has 1 unspecified atom stereocenters. The molecule has 2 aromatic rings. The first-order chi connectivity index (χ1) is 17.5. The normalized spacial score (nSPS) is 18.1. The van der Waals surface area contributed by atoms with Gasteiger partial charge in [0.05, 0.1) is 31.0 Å². The van der Waals surface area contributed by atoms with Crippen LogP contribution in [0.2, 0.25) is 0 Å². The molecule has 0 aliphatic carbocycles. The van der Waals surface area contributed by atoms with Crippen molar-refractivity contribution in [3.05, 3.63) is 42.4 Å². The van der Waals surface area contributed by atoms with Crippen molar-refractivity contribution in [3.8, 4) is 0 Å². The van der Waals surface area contributed by atoms with Crippen molar-refractivity contribution in [2.24, 2.45) is 0 Å². The van der Waals surface area contributed by atoms with Crippen LogP contribution in [0, 0.1) is 5.41 Å². The fourth-order valence-electron chi connectivity index (χ4n) is 4.02. The average molecular weight is 499 g/mol. The van der Waals surface area contributed by atoms with Crippen molar-refractivity contribution in [2.45, 2.75) is 45.3 Å². The number of morpholine rings is 1. The molecule has 2 fully saturated rings. The number of amides is 1. The summed E-state index contributed by atoms with van der Waals surface area (Å²) in [6.07, 6.45) is 7.31. The third-order valence-corrected chi connectivity index (χ3v) is 6.01. The Morgan fingerprint density at radius 1 is 1.17 bits per heavy atom. The molecule has 2 saturated heterocycles. The number of carbonyl (C=O) groups is 1. The van der Waals surface area contributed by atoms with Crippen molar-refractivity contribution in [1.29, 1.82) is 5.41 Å². The first kappa shape index (κ1) is 27.3. The van der Waals surface area contributed by atoms with Crippen LogP contribution in [0.15, 0.2) is 36.8 Å². The first-order valence-electron chi connectivity index (χ1n) is 12.5. The minimum absolute atomic E-state index is 0.0426. The molecular weight excluding hydrogens is 460 g/mol. The SMILES string of the molecule is COC1CCCN(C(=O)OC(C)C)CC1.N=Cc1cncnc1Nc1ccc(N2CCOCC2)cc1. The van der Waals surface area contributed by atoms with Crippen LogP contribution in [-0.4, -0.2) is 85.9 Å². The molecule has 2 N–H and O–H groups in total. The van der Waals surface area contributed by atoms with Gasteiger partial charge in [-0.3, -0.25) is 0 Å². The molecule has 2 aliphatic rings. The van der Waals surface area contributed by atoms with Crippen molar-refractivity contribution < 1.29 is 19.0 Å². The topological polar surface area (TPSA) is 113 Å². The zero-order valence-electron chi connectivity index (χ0n) is 21.5. The number of rotatable bonds is 6.